The van der Waals surface area contributed by atoms with Gasteiger partial charge in [0.2, 0.25) is 5.95 Å². The summed E-state index contributed by atoms with van der Waals surface area (Å²) >= 11 is 0. The van der Waals surface area contributed by atoms with Gasteiger partial charge in [-0.2, -0.15) is 4.98 Å². The second-order valence-corrected chi connectivity index (χ2v) is 4.99. The van der Waals surface area contributed by atoms with Crippen molar-refractivity contribution in [1.29, 1.82) is 0 Å². The van der Waals surface area contributed by atoms with Crippen molar-refractivity contribution in [3.05, 3.63) is 41.9 Å². The van der Waals surface area contributed by atoms with E-state index in [9.17, 15) is 0 Å². The molecule has 0 aliphatic rings. The van der Waals surface area contributed by atoms with Crippen LogP contribution in [0.25, 0.3) is 11.0 Å². The molecule has 1 aromatic carbocycles. The van der Waals surface area contributed by atoms with Gasteiger partial charge < -0.3 is 16.0 Å². The van der Waals surface area contributed by atoms with Gasteiger partial charge in [0.05, 0.1) is 16.7 Å². The highest BCUT2D eigenvalue weighted by Crippen LogP contribution is 2.19. The largest absolute Gasteiger partial charge is 0.384 e. The van der Waals surface area contributed by atoms with E-state index in [4.69, 9.17) is 16.5 Å². The van der Waals surface area contributed by atoms with Crippen LogP contribution in [-0.4, -0.2) is 19.5 Å². The standard InChI is InChI=1S/C15H18N6/c1-2-7-21-12-6-4-3-5-11(12)19-14(21)9-10-8-13(16)20-15(17)18-10/h3-6,8H,2,7,9H2,1H3,(H4,16,17,18,20). The first-order valence-electron chi connectivity index (χ1n) is 7.00. The number of anilines is 2. The Labute approximate surface area is 122 Å². The minimum atomic E-state index is 0.197. The Kier molecular flexibility index (Phi) is 3.43. The zero-order chi connectivity index (χ0) is 14.8. The molecule has 0 unspecified atom stereocenters. The molecule has 0 radical (unpaired) electrons. The normalized spacial score (nSPS) is 11.1. The number of nitrogen functional groups attached to an aromatic ring is 2. The van der Waals surface area contributed by atoms with E-state index in [2.05, 4.69) is 27.5 Å². The van der Waals surface area contributed by atoms with Crippen LogP contribution in [0.2, 0.25) is 0 Å². The number of nitrogens with zero attached hydrogens (tertiary/aromatic N) is 4. The fourth-order valence-corrected chi connectivity index (χ4v) is 2.53. The number of imidazole rings is 1. The summed E-state index contributed by atoms with van der Waals surface area (Å²) in [7, 11) is 0. The SMILES string of the molecule is CCCn1c(Cc2cc(N)nc(N)n2)nc2ccccc21. The fourth-order valence-electron chi connectivity index (χ4n) is 2.53. The summed E-state index contributed by atoms with van der Waals surface area (Å²) in [4.78, 5) is 12.8. The molecule has 0 spiro atoms. The maximum absolute atomic E-state index is 5.73. The molecule has 3 rings (SSSR count). The Bertz CT molecular complexity index is 757. The molecule has 0 aliphatic carbocycles. The molecule has 21 heavy (non-hydrogen) atoms. The molecular formula is C15H18N6. The van der Waals surface area contributed by atoms with E-state index in [1.54, 1.807) is 6.07 Å². The van der Waals surface area contributed by atoms with Crippen LogP contribution >= 0.6 is 0 Å². The number of fused-ring (bicyclic) bond motifs is 1. The van der Waals surface area contributed by atoms with Gasteiger partial charge in [0, 0.05) is 19.0 Å². The van der Waals surface area contributed by atoms with Crippen LogP contribution in [0.15, 0.2) is 30.3 Å². The lowest BCUT2D eigenvalue weighted by Crippen LogP contribution is -2.08. The maximum Gasteiger partial charge on any atom is 0.222 e. The van der Waals surface area contributed by atoms with Crippen molar-refractivity contribution in [3.63, 3.8) is 0 Å². The van der Waals surface area contributed by atoms with Gasteiger partial charge in [-0.25, -0.2) is 9.97 Å². The van der Waals surface area contributed by atoms with E-state index in [0.29, 0.717) is 12.2 Å². The highest BCUT2D eigenvalue weighted by atomic mass is 15.1. The third-order valence-electron chi connectivity index (χ3n) is 3.34. The van der Waals surface area contributed by atoms with Crippen molar-refractivity contribution in [1.82, 2.24) is 19.5 Å². The topological polar surface area (TPSA) is 95.6 Å². The summed E-state index contributed by atoms with van der Waals surface area (Å²) in [5.74, 6) is 1.55. The molecule has 4 N–H and O–H groups in total. The van der Waals surface area contributed by atoms with E-state index in [1.807, 2.05) is 18.2 Å². The fraction of sp³-hybridized carbons (Fsp3) is 0.267. The second-order valence-electron chi connectivity index (χ2n) is 4.99. The van der Waals surface area contributed by atoms with Gasteiger partial charge in [0.25, 0.3) is 0 Å². The quantitative estimate of drug-likeness (QED) is 0.763. The van der Waals surface area contributed by atoms with Crippen LogP contribution in [0.3, 0.4) is 0 Å². The summed E-state index contributed by atoms with van der Waals surface area (Å²) in [6.07, 6.45) is 1.63. The van der Waals surface area contributed by atoms with Crippen LogP contribution < -0.4 is 11.5 Å². The number of hydrogen-bond acceptors (Lipinski definition) is 5. The number of rotatable bonds is 4. The lowest BCUT2D eigenvalue weighted by Gasteiger charge is -2.08. The average Bonchev–Trinajstić information content (AvgIpc) is 2.76. The number of benzene rings is 1. The van der Waals surface area contributed by atoms with Crippen molar-refractivity contribution in [2.24, 2.45) is 0 Å². The van der Waals surface area contributed by atoms with Gasteiger partial charge in [-0.1, -0.05) is 19.1 Å². The predicted octanol–water partition coefficient (Wildman–Crippen LogP) is 1.99. The Morgan fingerprint density at radius 2 is 1.90 bits per heavy atom. The van der Waals surface area contributed by atoms with Crippen molar-refractivity contribution >= 4 is 22.8 Å². The number of aryl methyl sites for hydroxylation is 1. The van der Waals surface area contributed by atoms with Gasteiger partial charge in [-0.05, 0) is 18.6 Å². The third-order valence-corrected chi connectivity index (χ3v) is 3.34. The Hall–Kier alpha value is -2.63. The summed E-state index contributed by atoms with van der Waals surface area (Å²) in [6, 6.07) is 9.88. The molecule has 6 heteroatoms. The molecule has 0 saturated carbocycles. The lowest BCUT2D eigenvalue weighted by atomic mass is 10.2. The monoisotopic (exact) mass is 282 g/mol. The molecular weight excluding hydrogens is 264 g/mol. The van der Waals surface area contributed by atoms with E-state index >= 15 is 0 Å². The molecule has 0 saturated heterocycles. The highest BCUT2D eigenvalue weighted by molar-refractivity contribution is 5.76. The van der Waals surface area contributed by atoms with Crippen LogP contribution in [0.1, 0.15) is 24.9 Å². The van der Waals surface area contributed by atoms with Crippen LogP contribution in [-0.2, 0) is 13.0 Å². The summed E-state index contributed by atoms with van der Waals surface area (Å²) in [5, 5.41) is 0. The van der Waals surface area contributed by atoms with Gasteiger partial charge in [0.15, 0.2) is 0 Å². The first-order valence-corrected chi connectivity index (χ1v) is 7.00. The number of aromatic nitrogens is 4. The summed E-state index contributed by atoms with van der Waals surface area (Å²) < 4.78 is 2.23. The predicted molar refractivity (Wildman–Crippen MR) is 83.7 cm³/mol. The van der Waals surface area contributed by atoms with Crippen molar-refractivity contribution in [2.75, 3.05) is 11.5 Å². The summed E-state index contributed by atoms with van der Waals surface area (Å²) in [5.41, 5.74) is 14.3. The number of para-hydroxylation sites is 2. The minimum absolute atomic E-state index is 0.197. The molecule has 2 heterocycles. The van der Waals surface area contributed by atoms with Gasteiger partial charge in [-0.3, -0.25) is 0 Å². The first kappa shape index (κ1) is 13.4. The van der Waals surface area contributed by atoms with E-state index in [0.717, 1.165) is 35.5 Å². The minimum Gasteiger partial charge on any atom is -0.384 e. The van der Waals surface area contributed by atoms with Crippen molar-refractivity contribution in [3.8, 4) is 0 Å². The van der Waals surface area contributed by atoms with E-state index in [-0.39, 0.29) is 5.95 Å². The molecule has 0 aliphatic heterocycles. The zero-order valence-corrected chi connectivity index (χ0v) is 12.0. The zero-order valence-electron chi connectivity index (χ0n) is 12.0. The third kappa shape index (κ3) is 2.65. The van der Waals surface area contributed by atoms with E-state index in [1.165, 1.54) is 0 Å². The number of hydrogen-bond donors (Lipinski definition) is 2. The van der Waals surface area contributed by atoms with Crippen LogP contribution in [0, 0.1) is 0 Å². The molecule has 2 aromatic heterocycles. The molecule has 0 atom stereocenters. The van der Waals surface area contributed by atoms with E-state index < -0.39 is 0 Å². The van der Waals surface area contributed by atoms with Gasteiger partial charge >= 0.3 is 0 Å². The number of nitrogens with two attached hydrogens (primary N) is 2. The molecule has 6 nitrogen and oxygen atoms in total. The molecule has 0 bridgehead atoms. The molecule has 3 aromatic rings. The highest BCUT2D eigenvalue weighted by Gasteiger charge is 2.11. The Balaban J connectivity index is 2.04. The van der Waals surface area contributed by atoms with Crippen molar-refractivity contribution < 1.29 is 0 Å². The second kappa shape index (κ2) is 5.40. The Morgan fingerprint density at radius 1 is 1.10 bits per heavy atom. The van der Waals surface area contributed by atoms with Crippen LogP contribution in [0.4, 0.5) is 11.8 Å². The Morgan fingerprint density at radius 3 is 2.67 bits per heavy atom. The first-order chi connectivity index (χ1) is 10.2. The molecule has 0 amide bonds. The van der Waals surface area contributed by atoms with Crippen molar-refractivity contribution in [2.45, 2.75) is 26.3 Å². The van der Waals surface area contributed by atoms with Crippen LogP contribution in [0.5, 0.6) is 0 Å². The molecule has 0 fully saturated rings. The van der Waals surface area contributed by atoms with Gasteiger partial charge in [-0.15, -0.1) is 0 Å². The average molecular weight is 282 g/mol. The maximum atomic E-state index is 5.73. The van der Waals surface area contributed by atoms with Gasteiger partial charge in [0.1, 0.15) is 11.6 Å². The molecule has 108 valence electrons. The summed E-state index contributed by atoms with van der Waals surface area (Å²) in [6.45, 7) is 3.07. The lowest BCUT2D eigenvalue weighted by molar-refractivity contribution is 0.662. The smallest absolute Gasteiger partial charge is 0.222 e.